The van der Waals surface area contributed by atoms with Crippen molar-refractivity contribution in [2.75, 3.05) is 5.32 Å². The van der Waals surface area contributed by atoms with E-state index in [4.69, 9.17) is 11.6 Å². The van der Waals surface area contributed by atoms with Gasteiger partial charge in [0.1, 0.15) is 5.75 Å². The van der Waals surface area contributed by atoms with Gasteiger partial charge in [0, 0.05) is 10.7 Å². The van der Waals surface area contributed by atoms with E-state index in [1.807, 2.05) is 10.9 Å². The van der Waals surface area contributed by atoms with Crippen LogP contribution >= 0.6 is 11.6 Å². The maximum absolute atomic E-state index is 12.6. The molecule has 0 aromatic heterocycles. The van der Waals surface area contributed by atoms with Gasteiger partial charge in [-0.05, 0) is 36.4 Å². The molecule has 2 aromatic rings. The van der Waals surface area contributed by atoms with Gasteiger partial charge in [-0.25, -0.2) is 10.2 Å². The van der Waals surface area contributed by atoms with Crippen molar-refractivity contribution in [2.45, 2.75) is 6.18 Å². The number of hydrazine groups is 1. The zero-order valence-electron chi connectivity index (χ0n) is 12.3. The van der Waals surface area contributed by atoms with Crippen molar-refractivity contribution < 1.29 is 27.9 Å². The molecule has 0 radical (unpaired) electrons. The first-order valence-electron chi connectivity index (χ1n) is 6.70. The highest BCUT2D eigenvalue weighted by Gasteiger charge is 2.30. The Labute approximate surface area is 144 Å². The summed E-state index contributed by atoms with van der Waals surface area (Å²) in [5.41, 5.74) is 2.70. The van der Waals surface area contributed by atoms with Gasteiger partial charge in [-0.3, -0.25) is 10.2 Å². The number of benzene rings is 2. The summed E-state index contributed by atoms with van der Waals surface area (Å²) >= 11 is 5.70. The van der Waals surface area contributed by atoms with Crippen molar-refractivity contribution in [1.82, 2.24) is 10.9 Å². The molecule has 10 heteroatoms. The molecule has 0 aliphatic heterocycles. The van der Waals surface area contributed by atoms with Crippen LogP contribution in [0.25, 0.3) is 0 Å². The Morgan fingerprint density at radius 1 is 1.04 bits per heavy atom. The van der Waals surface area contributed by atoms with Crippen LogP contribution in [-0.2, 0) is 6.18 Å². The lowest BCUT2D eigenvalue weighted by Crippen LogP contribution is -2.43. The van der Waals surface area contributed by atoms with Crippen molar-refractivity contribution in [3.05, 3.63) is 58.6 Å². The molecule has 4 N–H and O–H groups in total. The Kier molecular flexibility index (Phi) is 5.38. The summed E-state index contributed by atoms with van der Waals surface area (Å²) in [6.45, 7) is 0. The number of amides is 3. The highest BCUT2D eigenvalue weighted by Crippen LogP contribution is 2.30. The third-order valence-electron chi connectivity index (χ3n) is 2.94. The lowest BCUT2D eigenvalue weighted by atomic mass is 10.2. The first-order chi connectivity index (χ1) is 11.7. The summed E-state index contributed by atoms with van der Waals surface area (Å²) < 4.78 is 37.8. The number of alkyl halides is 3. The highest BCUT2D eigenvalue weighted by atomic mass is 35.5. The summed E-state index contributed by atoms with van der Waals surface area (Å²) in [6, 6.07) is 6.73. The molecule has 0 bridgehead atoms. The second-order valence-electron chi connectivity index (χ2n) is 4.77. The van der Waals surface area contributed by atoms with E-state index in [9.17, 15) is 27.9 Å². The standard InChI is InChI=1S/C15H11ClF3N3O3/c16-9-4-5-12(23)11(7-9)13(24)21-22-14(25)20-10-3-1-2-8(6-10)15(17,18)19/h1-7,23H,(H,21,24)(H2,20,22,25). The fourth-order valence-electron chi connectivity index (χ4n) is 1.81. The maximum atomic E-state index is 12.6. The number of phenolic OH excluding ortho intramolecular Hbond substituents is 1. The van der Waals surface area contributed by atoms with Gasteiger partial charge in [0.15, 0.2) is 0 Å². The highest BCUT2D eigenvalue weighted by molar-refractivity contribution is 6.31. The fraction of sp³-hybridized carbons (Fsp3) is 0.0667. The van der Waals surface area contributed by atoms with E-state index in [0.717, 1.165) is 18.2 Å². The first kappa shape index (κ1) is 18.4. The SMILES string of the molecule is O=C(NNC(=O)c1cc(Cl)ccc1O)Nc1cccc(C(F)(F)F)c1. The van der Waals surface area contributed by atoms with Crippen LogP contribution in [0.15, 0.2) is 42.5 Å². The Hall–Kier alpha value is -2.94. The second-order valence-corrected chi connectivity index (χ2v) is 5.21. The molecule has 0 aliphatic carbocycles. The van der Waals surface area contributed by atoms with Crippen LogP contribution in [0.1, 0.15) is 15.9 Å². The minimum absolute atomic E-state index is 0.118. The smallest absolute Gasteiger partial charge is 0.416 e. The molecule has 132 valence electrons. The molecule has 0 saturated carbocycles. The van der Waals surface area contributed by atoms with Crippen molar-refractivity contribution in [2.24, 2.45) is 0 Å². The third kappa shape index (κ3) is 5.01. The predicted molar refractivity (Wildman–Crippen MR) is 84.2 cm³/mol. The van der Waals surface area contributed by atoms with E-state index in [-0.39, 0.29) is 22.0 Å². The van der Waals surface area contributed by atoms with Crippen LogP contribution in [0.4, 0.5) is 23.7 Å². The Bertz CT molecular complexity index is 812. The molecular weight excluding hydrogens is 363 g/mol. The number of carbonyl (C=O) groups is 2. The summed E-state index contributed by atoms with van der Waals surface area (Å²) in [5, 5.41) is 11.9. The number of aromatic hydroxyl groups is 1. The largest absolute Gasteiger partial charge is 0.507 e. The van der Waals surface area contributed by atoms with Gasteiger partial charge < -0.3 is 10.4 Å². The summed E-state index contributed by atoms with van der Waals surface area (Å²) in [6.07, 6.45) is -4.55. The Morgan fingerprint density at radius 3 is 2.44 bits per heavy atom. The number of phenols is 1. The Balaban J connectivity index is 1.97. The first-order valence-corrected chi connectivity index (χ1v) is 7.08. The molecule has 0 unspecified atom stereocenters. The van der Waals surface area contributed by atoms with E-state index in [2.05, 4.69) is 5.32 Å². The Morgan fingerprint density at radius 2 is 1.76 bits per heavy atom. The van der Waals surface area contributed by atoms with Crippen molar-refractivity contribution in [1.29, 1.82) is 0 Å². The molecule has 2 aromatic carbocycles. The molecule has 3 amide bonds. The van der Waals surface area contributed by atoms with E-state index < -0.39 is 23.7 Å². The van der Waals surface area contributed by atoms with Gasteiger partial charge in [-0.2, -0.15) is 13.2 Å². The number of nitrogens with one attached hydrogen (secondary N) is 3. The van der Waals surface area contributed by atoms with Gasteiger partial charge >= 0.3 is 12.2 Å². The van der Waals surface area contributed by atoms with Crippen molar-refractivity contribution >= 4 is 29.2 Å². The molecular formula is C15H11ClF3N3O3. The molecule has 0 atom stereocenters. The number of halogens is 4. The van der Waals surface area contributed by atoms with Crippen LogP contribution in [0, 0.1) is 0 Å². The third-order valence-corrected chi connectivity index (χ3v) is 3.18. The molecule has 0 saturated heterocycles. The number of urea groups is 1. The molecule has 0 aliphatic rings. The van der Waals surface area contributed by atoms with E-state index in [0.29, 0.717) is 0 Å². The quantitative estimate of drug-likeness (QED) is 0.607. The van der Waals surface area contributed by atoms with Gasteiger partial charge in [0.05, 0.1) is 11.1 Å². The van der Waals surface area contributed by atoms with Crippen molar-refractivity contribution in [3.8, 4) is 5.75 Å². The zero-order chi connectivity index (χ0) is 18.6. The molecule has 6 nitrogen and oxygen atoms in total. The number of hydrogen-bond acceptors (Lipinski definition) is 3. The monoisotopic (exact) mass is 373 g/mol. The average Bonchev–Trinajstić information content (AvgIpc) is 2.54. The van der Waals surface area contributed by atoms with E-state index in [1.54, 1.807) is 0 Å². The maximum Gasteiger partial charge on any atom is 0.416 e. The lowest BCUT2D eigenvalue weighted by molar-refractivity contribution is -0.137. The van der Waals surface area contributed by atoms with Crippen LogP contribution < -0.4 is 16.2 Å². The number of rotatable bonds is 2. The lowest BCUT2D eigenvalue weighted by Gasteiger charge is -2.11. The van der Waals surface area contributed by atoms with Gasteiger partial charge in [0.25, 0.3) is 5.91 Å². The molecule has 0 fully saturated rings. The van der Waals surface area contributed by atoms with E-state index >= 15 is 0 Å². The van der Waals surface area contributed by atoms with Gasteiger partial charge in [0.2, 0.25) is 0 Å². The summed E-state index contributed by atoms with van der Waals surface area (Å²) in [4.78, 5) is 23.5. The molecule has 0 spiro atoms. The minimum atomic E-state index is -4.55. The minimum Gasteiger partial charge on any atom is -0.507 e. The second kappa shape index (κ2) is 7.31. The van der Waals surface area contributed by atoms with E-state index in [1.165, 1.54) is 24.3 Å². The molecule has 25 heavy (non-hydrogen) atoms. The van der Waals surface area contributed by atoms with Crippen LogP contribution in [-0.4, -0.2) is 17.0 Å². The summed E-state index contributed by atoms with van der Waals surface area (Å²) in [7, 11) is 0. The van der Waals surface area contributed by atoms with Crippen molar-refractivity contribution in [3.63, 3.8) is 0 Å². The predicted octanol–water partition coefficient (Wildman–Crippen LogP) is 3.53. The summed E-state index contributed by atoms with van der Waals surface area (Å²) in [5.74, 6) is -1.22. The molecule has 0 heterocycles. The number of anilines is 1. The normalized spacial score (nSPS) is 10.9. The fourth-order valence-corrected chi connectivity index (χ4v) is 1.98. The number of hydrogen-bond donors (Lipinski definition) is 4. The van der Waals surface area contributed by atoms with Crippen LogP contribution in [0.3, 0.4) is 0 Å². The number of carbonyl (C=O) groups excluding carboxylic acids is 2. The average molecular weight is 374 g/mol. The van der Waals surface area contributed by atoms with Gasteiger partial charge in [-0.15, -0.1) is 0 Å². The molecule has 2 rings (SSSR count). The van der Waals surface area contributed by atoms with Gasteiger partial charge in [-0.1, -0.05) is 17.7 Å². The van der Waals surface area contributed by atoms with Crippen LogP contribution in [0.5, 0.6) is 5.75 Å². The van der Waals surface area contributed by atoms with Crippen LogP contribution in [0.2, 0.25) is 5.02 Å². The topological polar surface area (TPSA) is 90.5 Å². The zero-order valence-corrected chi connectivity index (χ0v) is 13.1.